The molecule has 5 nitrogen and oxygen atoms in total. The Bertz CT molecular complexity index is 769. The van der Waals surface area contributed by atoms with Crippen molar-refractivity contribution in [3.05, 3.63) is 23.8 Å². The van der Waals surface area contributed by atoms with Gasteiger partial charge in [0.05, 0.1) is 17.8 Å². The van der Waals surface area contributed by atoms with E-state index in [9.17, 15) is 15.3 Å². The normalized spacial score (nSPS) is 54.1. The zero-order valence-electron chi connectivity index (χ0n) is 14.7. The Hall–Kier alpha value is -1.30. The number of aliphatic hydroxyl groups is 2. The van der Waals surface area contributed by atoms with Crippen LogP contribution in [0.3, 0.4) is 0 Å². The molecule has 1 spiro atoms. The van der Waals surface area contributed by atoms with Gasteiger partial charge in [0, 0.05) is 36.4 Å². The first-order chi connectivity index (χ1) is 12.0. The minimum Gasteiger partial charge on any atom is -0.506 e. The molecule has 5 aliphatic heterocycles. The summed E-state index contributed by atoms with van der Waals surface area (Å²) < 4.78 is 0. The van der Waals surface area contributed by atoms with E-state index in [1.807, 2.05) is 6.07 Å². The first kappa shape index (κ1) is 14.8. The molecule has 134 valence electrons. The van der Waals surface area contributed by atoms with Gasteiger partial charge >= 0.3 is 0 Å². The minimum absolute atomic E-state index is 0.129. The standard InChI is InChI=1S/C20H26N2O3/c1-3-9-10-7-12-17-20(11-5-4-6-14(23)16(11)21(17)2)8-13(15(10)18(20)24)22(12)19(9)25/h4-6,9-10,12-13,15,17-19,23-25H,3,7-8H2,1-2H3/t9-,10-,12?,13-,15-,17-,18+,19+,20?/m0/s1. The van der Waals surface area contributed by atoms with E-state index in [0.29, 0.717) is 11.7 Å². The molecule has 1 aliphatic carbocycles. The van der Waals surface area contributed by atoms with Crippen LogP contribution < -0.4 is 4.90 Å². The molecule has 0 amide bonds. The second-order valence-corrected chi connectivity index (χ2v) is 8.96. The number of hydrogen-bond donors (Lipinski definition) is 3. The maximum absolute atomic E-state index is 11.6. The van der Waals surface area contributed by atoms with Crippen molar-refractivity contribution < 1.29 is 15.3 Å². The van der Waals surface area contributed by atoms with Crippen molar-refractivity contribution in [2.24, 2.45) is 17.8 Å². The molecule has 3 unspecified atom stereocenters. The lowest BCUT2D eigenvalue weighted by atomic mass is 9.62. The van der Waals surface area contributed by atoms with Crippen molar-refractivity contribution in [2.75, 3.05) is 11.9 Å². The summed E-state index contributed by atoms with van der Waals surface area (Å²) in [6.07, 6.45) is 2.14. The maximum atomic E-state index is 11.6. The summed E-state index contributed by atoms with van der Waals surface area (Å²) in [5.74, 6) is 1.24. The SMILES string of the molecule is CC[C@H]1[C@@H]2CC3[C@@H]4N(C)c5c(O)cccc5C45C[C@@H]([C@H]2[C@H]5O)N3[C@@H]1O. The van der Waals surface area contributed by atoms with Gasteiger partial charge in [0.25, 0.3) is 0 Å². The second kappa shape index (κ2) is 4.33. The number of piperidine rings is 4. The van der Waals surface area contributed by atoms with Gasteiger partial charge in [0.2, 0.25) is 0 Å². The molecule has 5 heteroatoms. The predicted molar refractivity (Wildman–Crippen MR) is 93.4 cm³/mol. The molecular weight excluding hydrogens is 316 g/mol. The van der Waals surface area contributed by atoms with Crippen LogP contribution in [-0.4, -0.2) is 57.7 Å². The number of para-hydroxylation sites is 1. The molecule has 5 fully saturated rings. The van der Waals surface area contributed by atoms with Gasteiger partial charge in [0.1, 0.15) is 12.0 Å². The van der Waals surface area contributed by atoms with Crippen molar-refractivity contribution >= 4 is 5.69 Å². The number of aromatic hydroxyl groups is 1. The van der Waals surface area contributed by atoms with Crippen LogP contribution in [0.15, 0.2) is 18.2 Å². The highest BCUT2D eigenvalue weighted by Crippen LogP contribution is 2.69. The van der Waals surface area contributed by atoms with Crippen molar-refractivity contribution in [3.63, 3.8) is 0 Å². The number of nitrogens with zero attached hydrogens (tertiary/aromatic N) is 2. The lowest BCUT2D eigenvalue weighted by Gasteiger charge is -2.62. The number of aliphatic hydroxyl groups excluding tert-OH is 2. The number of likely N-dealkylation sites (N-methyl/N-ethyl adjacent to an activating group) is 1. The van der Waals surface area contributed by atoms with E-state index >= 15 is 0 Å². The fourth-order valence-electron chi connectivity index (χ4n) is 7.97. The zero-order chi connectivity index (χ0) is 17.2. The van der Waals surface area contributed by atoms with Gasteiger partial charge in [-0.15, -0.1) is 0 Å². The number of phenolic OH excluding ortho intramolecular Hbond substituents is 1. The molecule has 1 aromatic carbocycles. The van der Waals surface area contributed by atoms with Gasteiger partial charge in [-0.3, -0.25) is 4.90 Å². The molecule has 10 atom stereocenters. The summed E-state index contributed by atoms with van der Waals surface area (Å²) in [5.41, 5.74) is 1.71. The van der Waals surface area contributed by atoms with Crippen LogP contribution in [0.5, 0.6) is 5.75 Å². The number of phenols is 1. The Morgan fingerprint density at radius 2 is 2.04 bits per heavy atom. The molecule has 5 bridgehead atoms. The number of fused-ring (bicyclic) bond motifs is 2. The average Bonchev–Trinajstić information content (AvgIpc) is 2.97. The summed E-state index contributed by atoms with van der Waals surface area (Å²) in [7, 11) is 2.05. The molecule has 0 aromatic heterocycles. The topological polar surface area (TPSA) is 67.2 Å². The smallest absolute Gasteiger partial charge is 0.139 e. The van der Waals surface area contributed by atoms with Gasteiger partial charge in [-0.2, -0.15) is 0 Å². The van der Waals surface area contributed by atoms with E-state index in [1.165, 1.54) is 0 Å². The number of rotatable bonds is 1. The minimum atomic E-state index is -0.394. The first-order valence-corrected chi connectivity index (χ1v) is 9.71. The van der Waals surface area contributed by atoms with Crippen molar-refractivity contribution in [2.45, 2.75) is 62.1 Å². The Labute approximate surface area is 147 Å². The summed E-state index contributed by atoms with van der Waals surface area (Å²) in [6, 6.07) is 6.42. The summed E-state index contributed by atoms with van der Waals surface area (Å²) in [6.45, 7) is 2.16. The van der Waals surface area contributed by atoms with Gasteiger partial charge in [-0.25, -0.2) is 0 Å². The van der Waals surface area contributed by atoms with Crippen molar-refractivity contribution in [1.29, 1.82) is 0 Å². The summed E-state index contributed by atoms with van der Waals surface area (Å²) >= 11 is 0. The molecule has 4 saturated heterocycles. The van der Waals surface area contributed by atoms with Crippen LogP contribution in [0.2, 0.25) is 0 Å². The highest BCUT2D eigenvalue weighted by atomic mass is 16.3. The molecule has 0 radical (unpaired) electrons. The van der Waals surface area contributed by atoms with Gasteiger partial charge < -0.3 is 20.2 Å². The van der Waals surface area contributed by atoms with Crippen molar-refractivity contribution in [3.8, 4) is 5.75 Å². The highest BCUT2D eigenvalue weighted by Gasteiger charge is 2.76. The number of benzene rings is 1. The largest absolute Gasteiger partial charge is 0.506 e. The van der Waals surface area contributed by atoms with Crippen LogP contribution in [-0.2, 0) is 5.41 Å². The van der Waals surface area contributed by atoms with Crippen LogP contribution >= 0.6 is 0 Å². The summed E-state index contributed by atoms with van der Waals surface area (Å²) in [4.78, 5) is 4.54. The highest BCUT2D eigenvalue weighted by molar-refractivity contribution is 5.73. The third-order valence-electron chi connectivity index (χ3n) is 8.55. The fraction of sp³-hybridized carbons (Fsp3) is 0.700. The van der Waals surface area contributed by atoms with E-state index in [4.69, 9.17) is 0 Å². The second-order valence-electron chi connectivity index (χ2n) is 8.96. The predicted octanol–water partition coefficient (Wildman–Crippen LogP) is 1.26. The van der Waals surface area contributed by atoms with Crippen molar-refractivity contribution in [1.82, 2.24) is 4.90 Å². The molecule has 1 aromatic rings. The van der Waals surface area contributed by atoms with E-state index in [-0.39, 0.29) is 41.6 Å². The fourth-order valence-corrected chi connectivity index (χ4v) is 7.97. The van der Waals surface area contributed by atoms with Gasteiger partial charge in [-0.05, 0) is 36.8 Å². The third-order valence-corrected chi connectivity index (χ3v) is 8.55. The van der Waals surface area contributed by atoms with E-state index in [2.05, 4.69) is 29.8 Å². The van der Waals surface area contributed by atoms with E-state index in [0.717, 1.165) is 30.5 Å². The summed E-state index contributed by atoms with van der Waals surface area (Å²) in [5, 5.41) is 33.2. The molecule has 7 rings (SSSR count). The molecule has 1 saturated carbocycles. The maximum Gasteiger partial charge on any atom is 0.139 e. The number of hydrogen-bond acceptors (Lipinski definition) is 5. The molecule has 6 aliphatic rings. The van der Waals surface area contributed by atoms with Gasteiger partial charge in [-0.1, -0.05) is 19.1 Å². The quantitative estimate of drug-likeness (QED) is 0.717. The molecule has 5 heterocycles. The van der Waals surface area contributed by atoms with Crippen LogP contribution in [0.4, 0.5) is 5.69 Å². The molecule has 25 heavy (non-hydrogen) atoms. The Balaban J connectivity index is 1.60. The van der Waals surface area contributed by atoms with Gasteiger partial charge in [0.15, 0.2) is 0 Å². The number of anilines is 1. The Morgan fingerprint density at radius 3 is 2.80 bits per heavy atom. The zero-order valence-corrected chi connectivity index (χ0v) is 14.7. The first-order valence-electron chi connectivity index (χ1n) is 9.71. The lowest BCUT2D eigenvalue weighted by molar-refractivity contribution is -0.211. The average molecular weight is 342 g/mol. The Kier molecular flexibility index (Phi) is 2.57. The molecular formula is C20H26N2O3. The monoisotopic (exact) mass is 342 g/mol. The Morgan fingerprint density at radius 1 is 1.24 bits per heavy atom. The van der Waals surface area contributed by atoms with Crippen LogP contribution in [0, 0.1) is 17.8 Å². The van der Waals surface area contributed by atoms with E-state index in [1.54, 1.807) is 6.07 Å². The van der Waals surface area contributed by atoms with Crippen LogP contribution in [0.25, 0.3) is 0 Å². The molecule has 3 N–H and O–H groups in total. The van der Waals surface area contributed by atoms with E-state index < -0.39 is 6.10 Å². The lowest BCUT2D eigenvalue weighted by Crippen LogP contribution is -2.72. The third kappa shape index (κ3) is 1.32. The van der Waals surface area contributed by atoms with Crippen LogP contribution in [0.1, 0.15) is 31.7 Å².